The van der Waals surface area contributed by atoms with Gasteiger partial charge in [-0.15, -0.1) is 0 Å². The molecule has 1 saturated heterocycles. The van der Waals surface area contributed by atoms with E-state index < -0.39 is 0 Å². The summed E-state index contributed by atoms with van der Waals surface area (Å²) >= 11 is 0. The molecule has 1 heterocycles. The minimum Gasteiger partial charge on any atom is -0.377 e. The van der Waals surface area contributed by atoms with Gasteiger partial charge in [-0.1, -0.05) is 38.1 Å². The molecule has 2 unspecified atom stereocenters. The molecule has 0 radical (unpaired) electrons. The molecule has 0 aliphatic carbocycles. The standard InChI is InChI=1S/C17H28N2O2/c1-13(2)18-9-14-7-5-6-8-15(14)10-19-11-16(20-3)17(12-19)21-4/h5-8,13,16-18H,9-12H2,1-4H3. The maximum absolute atomic E-state index is 5.51. The number of nitrogens with zero attached hydrogens (tertiary/aromatic N) is 1. The molecule has 1 aromatic rings. The quantitative estimate of drug-likeness (QED) is 0.834. The summed E-state index contributed by atoms with van der Waals surface area (Å²) in [5.74, 6) is 0. The summed E-state index contributed by atoms with van der Waals surface area (Å²) < 4.78 is 11.0. The molecule has 1 aromatic carbocycles. The Kier molecular flexibility index (Phi) is 6.18. The van der Waals surface area contributed by atoms with Crippen LogP contribution in [-0.4, -0.2) is 50.5 Å². The third-order valence-corrected chi connectivity index (χ3v) is 4.11. The molecule has 1 fully saturated rings. The van der Waals surface area contributed by atoms with Gasteiger partial charge in [0.1, 0.15) is 0 Å². The average Bonchev–Trinajstić information content (AvgIpc) is 2.88. The number of likely N-dealkylation sites (tertiary alicyclic amines) is 1. The smallest absolute Gasteiger partial charge is 0.0971 e. The van der Waals surface area contributed by atoms with Gasteiger partial charge in [0.25, 0.3) is 0 Å². The Bertz CT molecular complexity index is 425. The molecular formula is C17H28N2O2. The molecule has 0 amide bonds. The van der Waals surface area contributed by atoms with E-state index in [1.165, 1.54) is 11.1 Å². The van der Waals surface area contributed by atoms with E-state index in [9.17, 15) is 0 Å². The molecule has 21 heavy (non-hydrogen) atoms. The predicted molar refractivity (Wildman–Crippen MR) is 85.3 cm³/mol. The zero-order valence-electron chi connectivity index (χ0n) is 13.6. The first-order valence-electron chi connectivity index (χ1n) is 7.72. The summed E-state index contributed by atoms with van der Waals surface area (Å²) in [4.78, 5) is 2.41. The fraction of sp³-hybridized carbons (Fsp3) is 0.647. The molecular weight excluding hydrogens is 264 g/mol. The maximum Gasteiger partial charge on any atom is 0.0971 e. The Hall–Kier alpha value is -0.940. The van der Waals surface area contributed by atoms with Gasteiger partial charge in [-0.2, -0.15) is 0 Å². The van der Waals surface area contributed by atoms with Crippen molar-refractivity contribution >= 4 is 0 Å². The van der Waals surface area contributed by atoms with Gasteiger partial charge in [-0.3, -0.25) is 4.90 Å². The van der Waals surface area contributed by atoms with Gasteiger partial charge >= 0.3 is 0 Å². The molecule has 0 bridgehead atoms. The number of methoxy groups -OCH3 is 2. The first kappa shape index (κ1) is 16.4. The van der Waals surface area contributed by atoms with E-state index in [2.05, 4.69) is 48.3 Å². The van der Waals surface area contributed by atoms with Crippen LogP contribution in [0.3, 0.4) is 0 Å². The highest BCUT2D eigenvalue weighted by atomic mass is 16.5. The fourth-order valence-corrected chi connectivity index (χ4v) is 2.84. The lowest BCUT2D eigenvalue weighted by molar-refractivity contribution is -0.00461. The molecule has 1 N–H and O–H groups in total. The lowest BCUT2D eigenvalue weighted by atomic mass is 10.1. The van der Waals surface area contributed by atoms with Crippen LogP contribution in [0, 0.1) is 0 Å². The molecule has 0 saturated carbocycles. The van der Waals surface area contributed by atoms with E-state index in [4.69, 9.17) is 9.47 Å². The second kappa shape index (κ2) is 7.90. The van der Waals surface area contributed by atoms with Crippen molar-refractivity contribution in [1.82, 2.24) is 10.2 Å². The highest BCUT2D eigenvalue weighted by Gasteiger charge is 2.32. The SMILES string of the molecule is COC1CN(Cc2ccccc2CNC(C)C)CC1OC. The highest BCUT2D eigenvalue weighted by Crippen LogP contribution is 2.20. The van der Waals surface area contributed by atoms with Gasteiger partial charge in [0.05, 0.1) is 12.2 Å². The number of hydrogen-bond donors (Lipinski definition) is 1. The minimum absolute atomic E-state index is 0.177. The van der Waals surface area contributed by atoms with Crippen LogP contribution in [0.2, 0.25) is 0 Å². The summed E-state index contributed by atoms with van der Waals surface area (Å²) in [5, 5.41) is 3.50. The molecule has 1 aliphatic rings. The van der Waals surface area contributed by atoms with Gasteiger partial charge in [0.15, 0.2) is 0 Å². The minimum atomic E-state index is 0.177. The van der Waals surface area contributed by atoms with E-state index in [1.54, 1.807) is 14.2 Å². The highest BCUT2D eigenvalue weighted by molar-refractivity contribution is 5.27. The summed E-state index contributed by atoms with van der Waals surface area (Å²) in [6.45, 7) is 8.09. The predicted octanol–water partition coefficient (Wildman–Crippen LogP) is 2.03. The Morgan fingerprint density at radius 3 is 2.19 bits per heavy atom. The van der Waals surface area contributed by atoms with Crippen molar-refractivity contribution in [3.05, 3.63) is 35.4 Å². The van der Waals surface area contributed by atoms with E-state index in [-0.39, 0.29) is 12.2 Å². The second-order valence-electron chi connectivity index (χ2n) is 6.05. The van der Waals surface area contributed by atoms with Crippen LogP contribution in [0.4, 0.5) is 0 Å². The van der Waals surface area contributed by atoms with Gasteiger partial charge in [-0.05, 0) is 11.1 Å². The molecule has 2 atom stereocenters. The van der Waals surface area contributed by atoms with Crippen molar-refractivity contribution in [1.29, 1.82) is 0 Å². The summed E-state index contributed by atoms with van der Waals surface area (Å²) in [6, 6.07) is 9.16. The number of rotatable bonds is 7. The molecule has 4 heteroatoms. The van der Waals surface area contributed by atoms with Crippen molar-refractivity contribution in [2.45, 2.75) is 45.2 Å². The van der Waals surface area contributed by atoms with Crippen LogP contribution in [0.25, 0.3) is 0 Å². The van der Waals surface area contributed by atoms with Crippen molar-refractivity contribution in [2.75, 3.05) is 27.3 Å². The number of benzene rings is 1. The lowest BCUT2D eigenvalue weighted by Gasteiger charge is -2.18. The van der Waals surface area contributed by atoms with Crippen molar-refractivity contribution in [3.63, 3.8) is 0 Å². The lowest BCUT2D eigenvalue weighted by Crippen LogP contribution is -2.27. The van der Waals surface area contributed by atoms with Crippen molar-refractivity contribution in [3.8, 4) is 0 Å². The third-order valence-electron chi connectivity index (χ3n) is 4.11. The number of hydrogen-bond acceptors (Lipinski definition) is 4. The van der Waals surface area contributed by atoms with E-state index in [0.29, 0.717) is 6.04 Å². The van der Waals surface area contributed by atoms with Crippen LogP contribution < -0.4 is 5.32 Å². The van der Waals surface area contributed by atoms with Crippen LogP contribution in [0.1, 0.15) is 25.0 Å². The summed E-state index contributed by atoms with van der Waals surface area (Å²) in [7, 11) is 3.53. The first-order chi connectivity index (χ1) is 10.1. The normalized spacial score (nSPS) is 23.1. The maximum atomic E-state index is 5.51. The number of ether oxygens (including phenoxy) is 2. The van der Waals surface area contributed by atoms with Crippen molar-refractivity contribution < 1.29 is 9.47 Å². The molecule has 0 aromatic heterocycles. The van der Waals surface area contributed by atoms with E-state index in [1.807, 2.05) is 0 Å². The topological polar surface area (TPSA) is 33.7 Å². The van der Waals surface area contributed by atoms with E-state index in [0.717, 1.165) is 26.2 Å². The molecule has 0 spiro atoms. The molecule has 1 aliphatic heterocycles. The fourth-order valence-electron chi connectivity index (χ4n) is 2.84. The average molecular weight is 292 g/mol. The number of nitrogens with one attached hydrogen (secondary N) is 1. The van der Waals surface area contributed by atoms with Crippen LogP contribution in [0.5, 0.6) is 0 Å². The van der Waals surface area contributed by atoms with Gasteiger partial charge in [0, 0.05) is 46.4 Å². The monoisotopic (exact) mass is 292 g/mol. The van der Waals surface area contributed by atoms with Gasteiger partial charge in [-0.25, -0.2) is 0 Å². The molecule has 4 nitrogen and oxygen atoms in total. The Morgan fingerprint density at radius 2 is 1.67 bits per heavy atom. The Balaban J connectivity index is 1.99. The first-order valence-corrected chi connectivity index (χ1v) is 7.72. The largest absolute Gasteiger partial charge is 0.377 e. The van der Waals surface area contributed by atoms with Crippen molar-refractivity contribution in [2.24, 2.45) is 0 Å². The molecule has 118 valence electrons. The zero-order chi connectivity index (χ0) is 15.2. The van der Waals surface area contributed by atoms with Crippen LogP contribution in [0.15, 0.2) is 24.3 Å². The zero-order valence-corrected chi connectivity index (χ0v) is 13.6. The molecule has 2 rings (SSSR count). The second-order valence-corrected chi connectivity index (χ2v) is 6.05. The summed E-state index contributed by atoms with van der Waals surface area (Å²) in [6.07, 6.45) is 0.354. The van der Waals surface area contributed by atoms with E-state index >= 15 is 0 Å². The van der Waals surface area contributed by atoms with Gasteiger partial charge in [0.2, 0.25) is 0 Å². The van der Waals surface area contributed by atoms with Gasteiger partial charge < -0.3 is 14.8 Å². The van der Waals surface area contributed by atoms with Crippen LogP contribution in [-0.2, 0) is 22.6 Å². The summed E-state index contributed by atoms with van der Waals surface area (Å²) in [5.41, 5.74) is 2.76. The Morgan fingerprint density at radius 1 is 1.10 bits per heavy atom. The Labute approximate surface area is 128 Å². The van der Waals surface area contributed by atoms with Crippen LogP contribution >= 0.6 is 0 Å². The third kappa shape index (κ3) is 4.51.